The Morgan fingerprint density at radius 3 is 1.80 bits per heavy atom. The van der Waals surface area contributed by atoms with E-state index < -0.39 is 0 Å². The van der Waals surface area contributed by atoms with E-state index in [9.17, 15) is 9.59 Å². The van der Waals surface area contributed by atoms with Gasteiger partial charge < -0.3 is 0 Å². The molecule has 1 N–H and O–H groups in total. The van der Waals surface area contributed by atoms with Gasteiger partial charge in [-0.3, -0.25) is 19.8 Å². The minimum Gasteiger partial charge on any atom is -0.294 e. The van der Waals surface area contributed by atoms with Crippen molar-refractivity contribution in [2.24, 2.45) is 0 Å². The maximum atomic E-state index is 11.3. The lowest BCUT2D eigenvalue weighted by atomic mass is 9.87. The van der Waals surface area contributed by atoms with Gasteiger partial charge in [-0.05, 0) is 19.3 Å². The molecular formula is C11H20N2O2. The molecule has 4 nitrogen and oxygen atoms in total. The van der Waals surface area contributed by atoms with E-state index in [4.69, 9.17) is 0 Å². The fourth-order valence-electron chi connectivity index (χ4n) is 2.39. The third-order valence-electron chi connectivity index (χ3n) is 3.59. The highest BCUT2D eigenvalue weighted by atomic mass is 16.2. The molecule has 2 amide bonds. The van der Waals surface area contributed by atoms with Crippen molar-refractivity contribution in [3.63, 3.8) is 0 Å². The number of rotatable bonds is 4. The van der Waals surface area contributed by atoms with Gasteiger partial charge in [0.2, 0.25) is 11.8 Å². The second-order valence-corrected chi connectivity index (χ2v) is 4.11. The summed E-state index contributed by atoms with van der Waals surface area (Å²) in [5.74, 6) is -0.350. The summed E-state index contributed by atoms with van der Waals surface area (Å²) in [5, 5.41) is 2.33. The zero-order chi connectivity index (χ0) is 11.5. The number of hydrogen-bond acceptors (Lipinski definition) is 3. The van der Waals surface area contributed by atoms with E-state index in [2.05, 4.69) is 26.1 Å². The maximum absolute atomic E-state index is 11.3. The molecule has 1 aliphatic heterocycles. The van der Waals surface area contributed by atoms with Gasteiger partial charge in [0.15, 0.2) is 0 Å². The lowest BCUT2D eigenvalue weighted by Crippen LogP contribution is -2.59. The molecule has 15 heavy (non-hydrogen) atoms. The summed E-state index contributed by atoms with van der Waals surface area (Å²) in [4.78, 5) is 24.6. The Morgan fingerprint density at radius 2 is 1.47 bits per heavy atom. The van der Waals surface area contributed by atoms with E-state index in [1.165, 1.54) is 0 Å². The van der Waals surface area contributed by atoms with Gasteiger partial charge in [-0.15, -0.1) is 0 Å². The normalized spacial score (nSPS) is 19.1. The highest BCUT2D eigenvalue weighted by molar-refractivity contribution is 5.99. The van der Waals surface area contributed by atoms with E-state index in [1.54, 1.807) is 0 Å². The van der Waals surface area contributed by atoms with E-state index in [0.29, 0.717) is 13.1 Å². The largest absolute Gasteiger partial charge is 0.294 e. The van der Waals surface area contributed by atoms with Crippen LogP contribution in [0.1, 0.15) is 40.0 Å². The van der Waals surface area contributed by atoms with Crippen LogP contribution in [0, 0.1) is 0 Å². The van der Waals surface area contributed by atoms with Crippen molar-refractivity contribution in [2.75, 3.05) is 13.1 Å². The molecule has 1 saturated heterocycles. The number of nitrogens with zero attached hydrogens (tertiary/aromatic N) is 1. The summed E-state index contributed by atoms with van der Waals surface area (Å²) < 4.78 is 0. The van der Waals surface area contributed by atoms with Crippen molar-refractivity contribution in [2.45, 2.75) is 45.6 Å². The Labute approximate surface area is 91.0 Å². The minimum absolute atomic E-state index is 0.00736. The SMILES string of the molecule is CCC(CC)(CC)N1CC(=O)NC(=O)C1. The van der Waals surface area contributed by atoms with Crippen LogP contribution in [0.3, 0.4) is 0 Å². The summed E-state index contributed by atoms with van der Waals surface area (Å²) in [6.07, 6.45) is 2.92. The van der Waals surface area contributed by atoms with Gasteiger partial charge in [0.1, 0.15) is 0 Å². The minimum atomic E-state index is -0.175. The van der Waals surface area contributed by atoms with E-state index in [0.717, 1.165) is 19.3 Å². The third kappa shape index (κ3) is 2.37. The topological polar surface area (TPSA) is 49.4 Å². The van der Waals surface area contributed by atoms with Gasteiger partial charge in [-0.2, -0.15) is 0 Å². The predicted molar refractivity (Wildman–Crippen MR) is 58.3 cm³/mol. The highest BCUT2D eigenvalue weighted by Crippen LogP contribution is 2.28. The number of imide groups is 1. The van der Waals surface area contributed by atoms with Crippen LogP contribution in [0.15, 0.2) is 0 Å². The Kier molecular flexibility index (Phi) is 3.85. The molecule has 86 valence electrons. The van der Waals surface area contributed by atoms with E-state index >= 15 is 0 Å². The standard InChI is InChI=1S/C11H20N2O2/c1-4-11(5-2,6-3)13-7-9(14)12-10(15)8-13/h4-8H2,1-3H3,(H,12,14,15). The third-order valence-corrected chi connectivity index (χ3v) is 3.59. The van der Waals surface area contributed by atoms with Crippen LogP contribution in [0.4, 0.5) is 0 Å². The summed E-state index contributed by atoms with van der Waals surface area (Å²) in [5.41, 5.74) is 0.00736. The number of hydrogen-bond donors (Lipinski definition) is 1. The molecule has 1 heterocycles. The van der Waals surface area contributed by atoms with Crippen molar-refractivity contribution in [1.29, 1.82) is 0 Å². The maximum Gasteiger partial charge on any atom is 0.240 e. The quantitative estimate of drug-likeness (QED) is 0.705. The van der Waals surface area contributed by atoms with Crippen LogP contribution in [0.2, 0.25) is 0 Å². The number of nitrogens with one attached hydrogen (secondary N) is 1. The van der Waals surface area contributed by atoms with Crippen LogP contribution in [-0.2, 0) is 9.59 Å². The monoisotopic (exact) mass is 212 g/mol. The smallest absolute Gasteiger partial charge is 0.240 e. The molecule has 0 unspecified atom stereocenters. The van der Waals surface area contributed by atoms with Crippen LogP contribution in [0.25, 0.3) is 0 Å². The average Bonchev–Trinajstić information content (AvgIpc) is 2.20. The van der Waals surface area contributed by atoms with Crippen LogP contribution in [-0.4, -0.2) is 35.3 Å². The predicted octanol–water partition coefficient (Wildman–Crippen LogP) is 0.914. The van der Waals surface area contributed by atoms with Crippen molar-refractivity contribution < 1.29 is 9.59 Å². The average molecular weight is 212 g/mol. The molecule has 0 aromatic heterocycles. The Hall–Kier alpha value is -0.900. The van der Waals surface area contributed by atoms with Gasteiger partial charge in [-0.25, -0.2) is 0 Å². The first kappa shape index (κ1) is 12.2. The second-order valence-electron chi connectivity index (χ2n) is 4.11. The zero-order valence-electron chi connectivity index (χ0n) is 9.80. The summed E-state index contributed by atoms with van der Waals surface area (Å²) in [6, 6.07) is 0. The summed E-state index contributed by atoms with van der Waals surface area (Å²) in [7, 11) is 0. The number of piperazine rings is 1. The van der Waals surface area contributed by atoms with Crippen molar-refractivity contribution in [3.05, 3.63) is 0 Å². The molecule has 0 saturated carbocycles. The molecule has 0 aromatic rings. The van der Waals surface area contributed by atoms with Crippen LogP contribution < -0.4 is 5.32 Å². The first-order valence-electron chi connectivity index (χ1n) is 5.65. The van der Waals surface area contributed by atoms with Crippen LogP contribution in [0.5, 0.6) is 0 Å². The van der Waals surface area contributed by atoms with Gasteiger partial charge in [0, 0.05) is 5.54 Å². The number of amides is 2. The molecule has 0 aromatic carbocycles. The fraction of sp³-hybridized carbons (Fsp3) is 0.818. The van der Waals surface area contributed by atoms with Gasteiger partial charge in [0.25, 0.3) is 0 Å². The van der Waals surface area contributed by atoms with Crippen molar-refractivity contribution in [3.8, 4) is 0 Å². The molecule has 4 heteroatoms. The number of carbonyl (C=O) groups is 2. The Balaban J connectivity index is 2.83. The van der Waals surface area contributed by atoms with E-state index in [-0.39, 0.29) is 17.4 Å². The Bertz CT molecular complexity index is 235. The first-order chi connectivity index (χ1) is 7.07. The summed E-state index contributed by atoms with van der Waals surface area (Å²) in [6.45, 7) is 7.04. The van der Waals surface area contributed by atoms with Crippen molar-refractivity contribution in [1.82, 2.24) is 10.2 Å². The molecule has 1 rings (SSSR count). The molecule has 0 bridgehead atoms. The molecule has 1 fully saturated rings. The van der Waals surface area contributed by atoms with E-state index in [1.807, 2.05) is 4.90 Å². The van der Waals surface area contributed by atoms with Crippen LogP contribution >= 0.6 is 0 Å². The first-order valence-corrected chi connectivity index (χ1v) is 5.65. The lowest BCUT2D eigenvalue weighted by molar-refractivity contribution is -0.139. The molecule has 0 aliphatic carbocycles. The van der Waals surface area contributed by atoms with Gasteiger partial charge in [0.05, 0.1) is 13.1 Å². The molecule has 1 aliphatic rings. The zero-order valence-corrected chi connectivity index (χ0v) is 9.80. The van der Waals surface area contributed by atoms with Gasteiger partial charge >= 0.3 is 0 Å². The lowest BCUT2D eigenvalue weighted by Gasteiger charge is -2.43. The highest BCUT2D eigenvalue weighted by Gasteiger charge is 2.36. The second kappa shape index (κ2) is 4.75. The molecule has 0 radical (unpaired) electrons. The molecule has 0 spiro atoms. The summed E-state index contributed by atoms with van der Waals surface area (Å²) >= 11 is 0. The van der Waals surface area contributed by atoms with Crippen molar-refractivity contribution >= 4 is 11.8 Å². The fourth-order valence-corrected chi connectivity index (χ4v) is 2.39. The molecular weight excluding hydrogens is 192 g/mol. The van der Waals surface area contributed by atoms with Gasteiger partial charge in [-0.1, -0.05) is 20.8 Å². The molecule has 0 atom stereocenters. The number of carbonyl (C=O) groups excluding carboxylic acids is 2. The Morgan fingerprint density at radius 1 is 1.07 bits per heavy atom.